The van der Waals surface area contributed by atoms with Crippen molar-refractivity contribution in [2.24, 2.45) is 105 Å². The number of carbonyl (C=O) groups excluding carboxylic acids is 2. The van der Waals surface area contributed by atoms with E-state index in [9.17, 15) is 15.3 Å². The Labute approximate surface area is 389 Å². The third-order valence-electron chi connectivity index (χ3n) is 20.3. The normalized spacial score (nSPS) is 44.8. The van der Waals surface area contributed by atoms with Crippen molar-refractivity contribution >= 4 is 20.4 Å². The van der Waals surface area contributed by atoms with Gasteiger partial charge in [-0.1, -0.05) is 89.2 Å². The highest BCUT2D eigenvalue weighted by atomic mass is 28.4. The first-order chi connectivity index (χ1) is 28.7. The largest absolute Gasteiger partial charge is 0.547 e. The van der Waals surface area contributed by atoms with E-state index >= 15 is 0 Å². The molecule has 8 aliphatic carbocycles. The highest BCUT2D eigenvalue weighted by Gasteiger charge is 2.65. The molecule has 63 heavy (non-hydrogen) atoms. The van der Waals surface area contributed by atoms with Crippen molar-refractivity contribution in [3.05, 3.63) is 23.5 Å². The van der Waals surface area contributed by atoms with Crippen molar-refractivity contribution in [3.63, 3.8) is 0 Å². The average Bonchev–Trinajstić information content (AvgIpc) is 3.73. The van der Waals surface area contributed by atoms with E-state index in [1.807, 2.05) is 0 Å². The van der Waals surface area contributed by atoms with Gasteiger partial charge in [0.2, 0.25) is 8.32 Å². The summed E-state index contributed by atoms with van der Waals surface area (Å²) in [5.41, 5.74) is 2.57. The molecule has 18 atom stereocenters. The molecular weight excluding hydrogens is 789 g/mol. The molecule has 8 rings (SSSR count). The van der Waals surface area contributed by atoms with Crippen LogP contribution < -0.4 is 0 Å². The van der Waals surface area contributed by atoms with Crippen LogP contribution in [0.3, 0.4) is 0 Å². The van der Waals surface area contributed by atoms with Crippen LogP contribution in [0.1, 0.15) is 187 Å². The van der Waals surface area contributed by atoms with Crippen LogP contribution in [0.4, 0.5) is 0 Å². The second kappa shape index (κ2) is 20.4. The minimum atomic E-state index is -1.65. The summed E-state index contributed by atoms with van der Waals surface area (Å²) in [7, 11) is -1.65. The van der Waals surface area contributed by atoms with E-state index in [4.69, 9.17) is 9.22 Å². The first-order valence-corrected chi connectivity index (χ1v) is 28.8. The van der Waals surface area contributed by atoms with Crippen LogP contribution in [0.25, 0.3) is 0 Å². The van der Waals surface area contributed by atoms with Crippen LogP contribution in [0.15, 0.2) is 23.5 Å². The molecule has 0 spiro atoms. The number of nitrogens with zero attached hydrogens (tertiary/aromatic N) is 2. The predicted octanol–water partition coefficient (Wildman–Crippen LogP) is 15.8. The fourth-order valence-electron chi connectivity index (χ4n) is 17.2. The highest BCUT2D eigenvalue weighted by molar-refractivity contribution is 6.70. The number of hydrogen-bond acceptors (Lipinski definition) is 5. The summed E-state index contributed by atoms with van der Waals surface area (Å²) in [4.78, 5) is 22.7. The van der Waals surface area contributed by atoms with Gasteiger partial charge in [0.15, 0.2) is 5.78 Å². The van der Waals surface area contributed by atoms with Gasteiger partial charge in [-0.15, -0.1) is 0 Å². The molecule has 7 saturated carbocycles. The lowest BCUT2D eigenvalue weighted by Gasteiger charge is -2.61. The number of fused-ring (bicyclic) bond motifs is 10. The number of Topliss-reactive ketones (excluding diaryl/α,β-unsaturated/α-hetero) is 1. The Hall–Kier alpha value is -2.18. The minimum Gasteiger partial charge on any atom is -0.547 e. The van der Waals surface area contributed by atoms with E-state index in [1.54, 1.807) is 0 Å². The van der Waals surface area contributed by atoms with Crippen molar-refractivity contribution in [3.8, 4) is 12.1 Å². The van der Waals surface area contributed by atoms with Gasteiger partial charge in [0.05, 0.1) is 17.9 Å². The zero-order chi connectivity index (χ0) is 44.9. The summed E-state index contributed by atoms with van der Waals surface area (Å²) in [6.07, 6.45) is 25.2. The predicted molar refractivity (Wildman–Crippen MR) is 266 cm³/mol. The topological polar surface area (TPSA) is 90.9 Å². The van der Waals surface area contributed by atoms with E-state index in [0.29, 0.717) is 88.1 Å². The fraction of sp³-hybridized carbons (Fsp3) is 0.860. The second-order valence-corrected chi connectivity index (χ2v) is 29.1. The summed E-state index contributed by atoms with van der Waals surface area (Å²) < 4.78 is 6.92. The van der Waals surface area contributed by atoms with Gasteiger partial charge in [-0.2, -0.15) is 10.5 Å². The minimum absolute atomic E-state index is 0. The van der Waals surface area contributed by atoms with Crippen molar-refractivity contribution in [1.29, 1.82) is 10.5 Å². The second-order valence-electron chi connectivity index (χ2n) is 24.7. The van der Waals surface area contributed by atoms with Crippen LogP contribution in [0.2, 0.25) is 19.6 Å². The molecule has 6 heteroatoms. The number of allylic oxidation sites excluding steroid dienone is 4. The van der Waals surface area contributed by atoms with Crippen LogP contribution in [-0.4, -0.2) is 20.4 Å². The number of rotatable bonds is 6. The van der Waals surface area contributed by atoms with Gasteiger partial charge < -0.3 is 9.22 Å². The summed E-state index contributed by atoms with van der Waals surface area (Å²) >= 11 is 0. The molecule has 0 aromatic rings. The Bertz CT molecular complexity index is 1750. The number of nitriles is 2. The molecule has 0 saturated heterocycles. The Morgan fingerprint density at radius 1 is 0.698 bits per heavy atom. The molecule has 7 fully saturated rings. The molecule has 0 N–H and O–H groups in total. The molecule has 0 aliphatic heterocycles. The summed E-state index contributed by atoms with van der Waals surface area (Å²) in [5.74, 6) is 10.4. The number of ketones is 1. The van der Waals surface area contributed by atoms with Crippen LogP contribution in [0, 0.1) is 127 Å². The maximum absolute atomic E-state index is 13.9. The molecule has 0 radical (unpaired) electrons. The first-order valence-electron chi connectivity index (χ1n) is 25.4. The van der Waals surface area contributed by atoms with Crippen LogP contribution >= 0.6 is 0 Å². The summed E-state index contributed by atoms with van der Waals surface area (Å²) in [5, 5.41) is 18.6. The molecule has 8 aliphatic rings. The van der Waals surface area contributed by atoms with E-state index in [2.05, 4.69) is 106 Å². The molecule has 0 aromatic heterocycles. The molecule has 0 bridgehead atoms. The van der Waals surface area contributed by atoms with E-state index in [0.717, 1.165) is 30.0 Å². The lowest BCUT2D eigenvalue weighted by Crippen LogP contribution is -2.57. The average molecular weight is 885 g/mol. The Morgan fingerprint density at radius 2 is 1.13 bits per heavy atom. The Balaban J connectivity index is 0.000000253. The molecule has 0 unspecified atom stereocenters. The van der Waals surface area contributed by atoms with Crippen molar-refractivity contribution in [2.45, 2.75) is 206 Å². The monoisotopic (exact) mass is 885 g/mol. The van der Waals surface area contributed by atoms with Gasteiger partial charge in [-0.3, -0.25) is 4.79 Å². The maximum atomic E-state index is 13.9. The summed E-state index contributed by atoms with van der Waals surface area (Å²) in [6.45, 7) is 30.3. The van der Waals surface area contributed by atoms with Gasteiger partial charge in [-0.05, 0) is 215 Å². The molecule has 5 nitrogen and oxygen atoms in total. The lowest BCUT2D eigenvalue weighted by atomic mass is 9.42. The Morgan fingerprint density at radius 3 is 1.60 bits per heavy atom. The van der Waals surface area contributed by atoms with Crippen LogP contribution in [0.5, 0.6) is 0 Å². The van der Waals surface area contributed by atoms with Crippen LogP contribution in [-0.2, 0) is 14.0 Å². The number of aldehydes is 1. The van der Waals surface area contributed by atoms with Gasteiger partial charge in [0.25, 0.3) is 0 Å². The maximum Gasteiger partial charge on any atom is 0.241 e. The van der Waals surface area contributed by atoms with Crippen molar-refractivity contribution in [1.82, 2.24) is 0 Å². The standard InChI is InChI=1S/C27H45NOSi.C26H39NO.C2H4O.2CH4/c1-18-10-13-26(3)20(16-18)17-24(29-30(5,6)7)25-22-9-8-21(19(2)12-15-28)27(22,4)14-11-23(25)26;1-6-18-22-15-16(2)9-12-26(22,5)21-10-13-25(4)19(17(3)11-14-27)7-8-20(25)23(21)24(18)28;1-2-3;;/h17-23,25H,8-14,16H2,1-7H3;6,16-17,19-23H,7-13,15H2,1-5H3;2H,1H3;2*1H4/b;18-6+;;;/t18-,19-,20+,21-,22+,23+,25+,26+,27-;16-,17-,19-,20+,21+,22+,23+,25-,26-;;;/m11.../s1. The van der Waals surface area contributed by atoms with E-state index in [-0.39, 0.29) is 26.2 Å². The van der Waals surface area contributed by atoms with Gasteiger partial charge in [0.1, 0.15) is 6.29 Å². The molecule has 0 aromatic carbocycles. The molecule has 0 amide bonds. The van der Waals surface area contributed by atoms with Gasteiger partial charge in [-0.25, -0.2) is 0 Å². The zero-order valence-corrected chi connectivity index (χ0v) is 42.2. The molecule has 356 valence electrons. The fourth-order valence-corrected chi connectivity index (χ4v) is 18.2. The zero-order valence-electron chi connectivity index (χ0n) is 41.2. The highest BCUT2D eigenvalue weighted by Crippen LogP contribution is 2.70. The van der Waals surface area contributed by atoms with Gasteiger partial charge in [0, 0.05) is 24.7 Å². The third-order valence-corrected chi connectivity index (χ3v) is 21.1. The Kier molecular flexibility index (Phi) is 17.3. The number of carbonyl (C=O) groups is 2. The summed E-state index contributed by atoms with van der Waals surface area (Å²) in [6, 6.07) is 4.88. The first kappa shape index (κ1) is 53.4. The molecular formula is C57H96N2O3Si. The van der Waals surface area contributed by atoms with Crippen molar-refractivity contribution in [2.75, 3.05) is 0 Å². The van der Waals surface area contributed by atoms with E-state index in [1.165, 1.54) is 108 Å². The van der Waals surface area contributed by atoms with Gasteiger partial charge >= 0.3 is 0 Å². The smallest absolute Gasteiger partial charge is 0.241 e. The van der Waals surface area contributed by atoms with Crippen molar-refractivity contribution < 1.29 is 14.0 Å². The number of hydrogen-bond donors (Lipinski definition) is 0. The third kappa shape index (κ3) is 9.53. The quantitative estimate of drug-likeness (QED) is 0.151. The van der Waals surface area contributed by atoms with E-state index < -0.39 is 8.32 Å². The SMILES string of the molecule is C.C.C/C=C1/C(=O)[C@@H]2[C@H](CC[C@]3(C)[C@@H]([C@H](C)CC#N)CC[C@@H]23)[C@@]2(C)CC[C@@H](C)C[C@@H]12.CC=O.C[C@@H]1CC[C@@]2(C)[C@H](C=C(O[Si](C)(C)C)[C@@H]3[C@@H]2CC[C@]2(C)[C@@H]([C@H](C)CC#N)CC[C@@H]32)C1. The lowest BCUT2D eigenvalue weighted by molar-refractivity contribution is -0.147. The molecule has 0 heterocycles.